The van der Waals surface area contributed by atoms with Crippen molar-refractivity contribution >= 4 is 23.1 Å². The number of carbonyl (C=O) groups excluding carboxylic acids is 1. The van der Waals surface area contributed by atoms with Crippen LogP contribution in [0.4, 0.5) is 13.2 Å². The molecule has 0 fully saturated rings. The van der Waals surface area contributed by atoms with E-state index in [4.69, 9.17) is 5.73 Å². The molecule has 0 bridgehead atoms. The van der Waals surface area contributed by atoms with Crippen molar-refractivity contribution in [2.75, 3.05) is 6.54 Å². The average Bonchev–Trinajstić information content (AvgIpc) is 2.00. The molecule has 3 nitrogen and oxygen atoms in total. The third kappa shape index (κ3) is 5.00. The third-order valence-corrected chi connectivity index (χ3v) is 1.82. The Hall–Kier alpha value is -0.850. The molecule has 3 N–H and O–H groups in total. The Morgan fingerprint density at radius 2 is 2.07 bits per heavy atom. The van der Waals surface area contributed by atoms with Crippen molar-refractivity contribution in [2.45, 2.75) is 19.5 Å². The van der Waals surface area contributed by atoms with Crippen molar-refractivity contribution in [3.63, 3.8) is 0 Å². The van der Waals surface area contributed by atoms with Crippen molar-refractivity contribution in [1.29, 1.82) is 0 Å². The van der Waals surface area contributed by atoms with Gasteiger partial charge in [0.05, 0.1) is 10.9 Å². The molecule has 0 saturated carbocycles. The molecule has 1 atom stereocenters. The van der Waals surface area contributed by atoms with Gasteiger partial charge in [0.1, 0.15) is 6.54 Å². The summed E-state index contributed by atoms with van der Waals surface area (Å²) in [5.74, 6) is -1.61. The summed E-state index contributed by atoms with van der Waals surface area (Å²) in [6.45, 7) is 0.266. The zero-order valence-corrected chi connectivity index (χ0v) is 8.34. The van der Waals surface area contributed by atoms with Gasteiger partial charge in [-0.05, 0) is 6.42 Å². The molecule has 7 heteroatoms. The molecular formula is C7H11F3N2OS. The molecule has 0 aliphatic heterocycles. The Bertz CT molecular complexity index is 229. The molecule has 0 aromatic carbocycles. The van der Waals surface area contributed by atoms with E-state index in [2.05, 4.69) is 12.2 Å². The summed E-state index contributed by atoms with van der Waals surface area (Å²) in [6, 6.07) is 0. The highest BCUT2D eigenvalue weighted by Gasteiger charge is 2.29. The van der Waals surface area contributed by atoms with E-state index in [1.54, 1.807) is 12.2 Å². The van der Waals surface area contributed by atoms with Crippen molar-refractivity contribution in [1.82, 2.24) is 5.32 Å². The second-order valence-electron chi connectivity index (χ2n) is 2.70. The third-order valence-electron chi connectivity index (χ3n) is 1.53. The van der Waals surface area contributed by atoms with E-state index in [9.17, 15) is 18.0 Å². The van der Waals surface area contributed by atoms with Gasteiger partial charge in [-0.1, -0.05) is 19.1 Å². The number of carbonyl (C=O) groups is 1. The Kier molecular flexibility index (Phi) is 4.82. The minimum atomic E-state index is -4.41. The zero-order valence-electron chi connectivity index (χ0n) is 7.52. The average molecular weight is 228 g/mol. The summed E-state index contributed by atoms with van der Waals surface area (Å²) in [7, 11) is 0. The first-order valence-corrected chi connectivity index (χ1v) is 4.32. The predicted molar refractivity (Wildman–Crippen MR) is 49.6 cm³/mol. The van der Waals surface area contributed by atoms with E-state index in [-0.39, 0.29) is 4.99 Å². The first-order valence-electron chi connectivity index (χ1n) is 3.91. The van der Waals surface area contributed by atoms with Gasteiger partial charge >= 0.3 is 6.18 Å². The van der Waals surface area contributed by atoms with Crippen LogP contribution in [-0.4, -0.2) is 23.6 Å². The Labute approximate surface area is 84.8 Å². The number of halogens is 3. The van der Waals surface area contributed by atoms with Crippen LogP contribution in [0.25, 0.3) is 0 Å². The maximum atomic E-state index is 11.7. The highest BCUT2D eigenvalue weighted by molar-refractivity contribution is 7.80. The van der Waals surface area contributed by atoms with E-state index in [0.717, 1.165) is 0 Å². The number of hydrogen-bond acceptors (Lipinski definition) is 2. The minimum absolute atomic E-state index is 0.0906. The minimum Gasteiger partial charge on any atom is -0.393 e. The standard InChI is InChI=1S/C7H11F3N2OS/c1-2-4(5(11)14)6(13)12-3-7(8,9)10/h4H,2-3H2,1H3,(H2,11,14)(H,12,13). The summed E-state index contributed by atoms with van der Waals surface area (Å²) < 4.78 is 35.1. The molecule has 1 amide bonds. The quantitative estimate of drug-likeness (QED) is 0.705. The number of alkyl halides is 3. The van der Waals surface area contributed by atoms with Gasteiger partial charge in [-0.15, -0.1) is 0 Å². The van der Waals surface area contributed by atoms with Gasteiger partial charge in [0.15, 0.2) is 0 Å². The summed E-state index contributed by atoms with van der Waals surface area (Å²) in [4.78, 5) is 11.0. The highest BCUT2D eigenvalue weighted by Crippen LogP contribution is 2.13. The second-order valence-corrected chi connectivity index (χ2v) is 3.17. The van der Waals surface area contributed by atoms with E-state index in [1.165, 1.54) is 0 Å². The SMILES string of the molecule is CCC(C(=O)NCC(F)(F)F)C(N)=S. The number of amides is 1. The van der Waals surface area contributed by atoms with Crippen molar-refractivity contribution in [3.05, 3.63) is 0 Å². The van der Waals surface area contributed by atoms with Crippen LogP contribution < -0.4 is 11.1 Å². The molecule has 82 valence electrons. The Morgan fingerprint density at radius 1 is 1.57 bits per heavy atom. The maximum absolute atomic E-state index is 11.7. The molecule has 0 aromatic rings. The van der Waals surface area contributed by atoms with Crippen molar-refractivity contribution < 1.29 is 18.0 Å². The largest absolute Gasteiger partial charge is 0.405 e. The molecule has 0 aliphatic carbocycles. The van der Waals surface area contributed by atoms with Crippen LogP contribution in [0.1, 0.15) is 13.3 Å². The molecule has 0 spiro atoms. The fraction of sp³-hybridized carbons (Fsp3) is 0.714. The number of hydrogen-bond donors (Lipinski definition) is 2. The monoisotopic (exact) mass is 228 g/mol. The molecule has 0 saturated heterocycles. The molecule has 0 radical (unpaired) electrons. The summed E-state index contributed by atoms with van der Waals surface area (Å²) in [5, 5.41) is 1.72. The van der Waals surface area contributed by atoms with Crippen LogP contribution in [0.5, 0.6) is 0 Å². The topological polar surface area (TPSA) is 55.1 Å². The van der Waals surface area contributed by atoms with Gasteiger partial charge in [0.25, 0.3) is 0 Å². The molecule has 0 rings (SSSR count). The first-order chi connectivity index (χ1) is 6.28. The van der Waals surface area contributed by atoms with Gasteiger partial charge in [-0.25, -0.2) is 0 Å². The Balaban J connectivity index is 4.13. The van der Waals surface area contributed by atoms with Crippen LogP contribution >= 0.6 is 12.2 Å². The van der Waals surface area contributed by atoms with Gasteiger partial charge < -0.3 is 11.1 Å². The number of thiocarbonyl (C=S) groups is 1. The summed E-state index contributed by atoms with van der Waals surface area (Å²) in [5.41, 5.74) is 5.18. The van der Waals surface area contributed by atoms with E-state index in [1.807, 2.05) is 0 Å². The van der Waals surface area contributed by atoms with Crippen LogP contribution in [0, 0.1) is 5.92 Å². The normalized spacial score (nSPS) is 13.4. The van der Waals surface area contributed by atoms with Gasteiger partial charge in [0, 0.05) is 0 Å². The molecule has 0 heterocycles. The highest BCUT2D eigenvalue weighted by atomic mass is 32.1. The van der Waals surface area contributed by atoms with Crippen LogP contribution in [0.15, 0.2) is 0 Å². The van der Waals surface area contributed by atoms with E-state index in [0.29, 0.717) is 6.42 Å². The number of rotatable bonds is 4. The smallest absolute Gasteiger partial charge is 0.393 e. The van der Waals surface area contributed by atoms with Crippen LogP contribution in [0.2, 0.25) is 0 Å². The van der Waals surface area contributed by atoms with E-state index < -0.39 is 24.5 Å². The molecule has 0 aromatic heterocycles. The second kappa shape index (κ2) is 5.14. The number of nitrogens with one attached hydrogen (secondary N) is 1. The molecule has 1 unspecified atom stereocenters. The van der Waals surface area contributed by atoms with Crippen LogP contribution in [0.3, 0.4) is 0 Å². The molecule has 0 aliphatic rings. The van der Waals surface area contributed by atoms with Gasteiger partial charge in [-0.2, -0.15) is 13.2 Å². The summed E-state index contributed by atoms with van der Waals surface area (Å²) >= 11 is 4.54. The van der Waals surface area contributed by atoms with Crippen LogP contribution in [-0.2, 0) is 4.79 Å². The lowest BCUT2D eigenvalue weighted by atomic mass is 10.1. The van der Waals surface area contributed by atoms with Crippen molar-refractivity contribution in [2.24, 2.45) is 11.7 Å². The van der Waals surface area contributed by atoms with Crippen molar-refractivity contribution in [3.8, 4) is 0 Å². The molecular weight excluding hydrogens is 217 g/mol. The fourth-order valence-electron chi connectivity index (χ4n) is 0.826. The van der Waals surface area contributed by atoms with E-state index >= 15 is 0 Å². The van der Waals surface area contributed by atoms with Gasteiger partial charge in [0.2, 0.25) is 5.91 Å². The summed E-state index contributed by atoms with van der Waals surface area (Å²) in [6.07, 6.45) is -4.12. The maximum Gasteiger partial charge on any atom is 0.405 e. The lowest BCUT2D eigenvalue weighted by Gasteiger charge is -2.14. The number of nitrogens with two attached hydrogens (primary N) is 1. The first kappa shape index (κ1) is 13.2. The lowest BCUT2D eigenvalue weighted by molar-refractivity contribution is -0.139. The fourth-order valence-corrected chi connectivity index (χ4v) is 1.10. The zero-order chi connectivity index (χ0) is 11.4. The van der Waals surface area contributed by atoms with Gasteiger partial charge in [-0.3, -0.25) is 4.79 Å². The predicted octanol–water partition coefficient (Wildman–Crippen LogP) is 0.977. The Morgan fingerprint density at radius 3 is 2.36 bits per heavy atom. The lowest BCUT2D eigenvalue weighted by Crippen LogP contribution is -2.41. The molecule has 14 heavy (non-hydrogen) atoms.